The number of carbonyl (C=O) groups is 1. The van der Waals surface area contributed by atoms with Crippen molar-refractivity contribution in [3.05, 3.63) is 18.2 Å². The Kier molecular flexibility index (Phi) is 6.45. The number of hydrogen-bond donors (Lipinski definition) is 2. The number of nitrogens with zero attached hydrogens (tertiary/aromatic N) is 3. The molecule has 6 heteroatoms. The van der Waals surface area contributed by atoms with Crippen LogP contribution in [0.25, 0.3) is 0 Å². The number of aliphatic hydroxyl groups excluding tert-OH is 1. The Balaban J connectivity index is 1.71. The highest BCUT2D eigenvalue weighted by Crippen LogP contribution is 2.24. The van der Waals surface area contributed by atoms with E-state index in [2.05, 4.69) is 21.8 Å². The molecule has 0 bridgehead atoms. The lowest BCUT2D eigenvalue weighted by Gasteiger charge is -2.31. The fourth-order valence-corrected chi connectivity index (χ4v) is 3.23. The van der Waals surface area contributed by atoms with E-state index in [1.807, 2.05) is 13.1 Å². The van der Waals surface area contributed by atoms with E-state index in [9.17, 15) is 9.90 Å². The third-order valence-corrected chi connectivity index (χ3v) is 4.76. The molecule has 2 amide bonds. The molecule has 1 heterocycles. The van der Waals surface area contributed by atoms with Gasteiger partial charge in [0, 0.05) is 45.0 Å². The molecular formula is C17H30N4O2. The molecule has 2 rings (SSSR count). The number of aromatic nitrogens is 2. The van der Waals surface area contributed by atoms with Gasteiger partial charge in [0.25, 0.3) is 0 Å². The van der Waals surface area contributed by atoms with Gasteiger partial charge in [-0.05, 0) is 25.7 Å². The Morgan fingerprint density at radius 1 is 1.52 bits per heavy atom. The summed E-state index contributed by atoms with van der Waals surface area (Å²) in [6.07, 6.45) is 7.61. The lowest BCUT2D eigenvalue weighted by molar-refractivity contribution is 0.0564. The SMILES string of the molecule is Cc1nccn1CC(C)CNC(=O)N(C)CC1CCCCC1O. The zero-order valence-electron chi connectivity index (χ0n) is 14.5. The van der Waals surface area contributed by atoms with Gasteiger partial charge >= 0.3 is 6.03 Å². The van der Waals surface area contributed by atoms with Gasteiger partial charge in [-0.3, -0.25) is 0 Å². The van der Waals surface area contributed by atoms with Crippen LogP contribution in [0, 0.1) is 18.8 Å². The fraction of sp³-hybridized carbons (Fsp3) is 0.765. The molecule has 6 nitrogen and oxygen atoms in total. The lowest BCUT2D eigenvalue weighted by Crippen LogP contribution is -2.44. The van der Waals surface area contributed by atoms with Gasteiger partial charge in [0.1, 0.15) is 5.82 Å². The van der Waals surface area contributed by atoms with Crippen LogP contribution in [0.4, 0.5) is 4.79 Å². The van der Waals surface area contributed by atoms with E-state index in [0.717, 1.165) is 38.1 Å². The first-order valence-electron chi connectivity index (χ1n) is 8.62. The molecule has 0 saturated heterocycles. The van der Waals surface area contributed by atoms with Crippen molar-refractivity contribution >= 4 is 6.03 Å². The van der Waals surface area contributed by atoms with Gasteiger partial charge in [0.05, 0.1) is 6.10 Å². The van der Waals surface area contributed by atoms with Crippen LogP contribution in [0.15, 0.2) is 12.4 Å². The molecular weight excluding hydrogens is 292 g/mol. The van der Waals surface area contributed by atoms with Crippen molar-refractivity contribution in [2.75, 3.05) is 20.1 Å². The van der Waals surface area contributed by atoms with E-state index in [0.29, 0.717) is 19.0 Å². The van der Waals surface area contributed by atoms with Crippen LogP contribution in [-0.2, 0) is 6.54 Å². The molecule has 1 aliphatic carbocycles. The maximum atomic E-state index is 12.2. The van der Waals surface area contributed by atoms with Gasteiger partial charge in [-0.2, -0.15) is 0 Å². The first-order chi connectivity index (χ1) is 11.0. The number of imidazole rings is 1. The molecule has 1 saturated carbocycles. The molecule has 3 unspecified atom stereocenters. The number of hydrogen-bond acceptors (Lipinski definition) is 3. The van der Waals surface area contributed by atoms with Gasteiger partial charge in [0.2, 0.25) is 0 Å². The van der Waals surface area contributed by atoms with Gasteiger partial charge in [-0.15, -0.1) is 0 Å². The largest absolute Gasteiger partial charge is 0.393 e. The zero-order chi connectivity index (χ0) is 16.8. The van der Waals surface area contributed by atoms with Crippen molar-refractivity contribution in [3.8, 4) is 0 Å². The number of aryl methyl sites for hydroxylation is 1. The van der Waals surface area contributed by atoms with E-state index in [1.54, 1.807) is 18.1 Å². The number of rotatable bonds is 6. The van der Waals surface area contributed by atoms with Crippen molar-refractivity contribution in [2.45, 2.75) is 52.2 Å². The predicted molar refractivity (Wildman–Crippen MR) is 90.1 cm³/mol. The standard InChI is InChI=1S/C17H30N4O2/c1-13(11-21-9-8-18-14(21)2)10-19-17(23)20(3)12-15-6-4-5-7-16(15)22/h8-9,13,15-16,22H,4-7,10-12H2,1-3H3,(H,19,23). The smallest absolute Gasteiger partial charge is 0.317 e. The predicted octanol–water partition coefficient (Wildman–Crippen LogP) is 2.02. The van der Waals surface area contributed by atoms with Crippen molar-refractivity contribution < 1.29 is 9.90 Å². The lowest BCUT2D eigenvalue weighted by atomic mass is 9.86. The third kappa shape index (κ3) is 5.23. The van der Waals surface area contributed by atoms with Crippen LogP contribution in [0.2, 0.25) is 0 Å². The van der Waals surface area contributed by atoms with Crippen molar-refractivity contribution in [3.63, 3.8) is 0 Å². The van der Waals surface area contributed by atoms with Crippen LogP contribution in [0.3, 0.4) is 0 Å². The van der Waals surface area contributed by atoms with Gasteiger partial charge in [-0.25, -0.2) is 9.78 Å². The average molecular weight is 322 g/mol. The normalized spacial score (nSPS) is 22.6. The summed E-state index contributed by atoms with van der Waals surface area (Å²) >= 11 is 0. The van der Waals surface area contributed by atoms with Crippen molar-refractivity contribution in [1.29, 1.82) is 0 Å². The van der Waals surface area contributed by atoms with Gasteiger partial charge < -0.3 is 19.9 Å². The average Bonchev–Trinajstić information content (AvgIpc) is 2.92. The Labute approximate surface area is 138 Å². The van der Waals surface area contributed by atoms with Gasteiger partial charge in [-0.1, -0.05) is 19.8 Å². The van der Waals surface area contributed by atoms with Crippen LogP contribution >= 0.6 is 0 Å². The summed E-state index contributed by atoms with van der Waals surface area (Å²) in [5.41, 5.74) is 0. The first kappa shape index (κ1) is 17.8. The minimum Gasteiger partial charge on any atom is -0.393 e. The van der Waals surface area contributed by atoms with Crippen LogP contribution in [0.1, 0.15) is 38.4 Å². The molecule has 0 radical (unpaired) electrons. The van der Waals surface area contributed by atoms with Gasteiger partial charge in [0.15, 0.2) is 0 Å². The Morgan fingerprint density at radius 3 is 2.91 bits per heavy atom. The summed E-state index contributed by atoms with van der Waals surface area (Å²) in [7, 11) is 1.81. The quantitative estimate of drug-likeness (QED) is 0.842. The summed E-state index contributed by atoms with van der Waals surface area (Å²) < 4.78 is 2.10. The minimum atomic E-state index is -0.262. The summed E-state index contributed by atoms with van der Waals surface area (Å²) in [6.45, 7) is 6.20. The van der Waals surface area contributed by atoms with Crippen LogP contribution in [0.5, 0.6) is 0 Å². The minimum absolute atomic E-state index is 0.0584. The van der Waals surface area contributed by atoms with Crippen molar-refractivity contribution in [1.82, 2.24) is 19.8 Å². The van der Waals surface area contributed by atoms with E-state index in [4.69, 9.17) is 0 Å². The second kappa shape index (κ2) is 8.34. The summed E-state index contributed by atoms with van der Waals surface area (Å²) in [4.78, 5) is 18.1. The highest BCUT2D eigenvalue weighted by molar-refractivity contribution is 5.73. The molecule has 2 N–H and O–H groups in total. The molecule has 0 spiro atoms. The van der Waals surface area contributed by atoms with E-state index in [1.165, 1.54) is 0 Å². The van der Waals surface area contributed by atoms with Crippen molar-refractivity contribution in [2.24, 2.45) is 11.8 Å². The fourth-order valence-electron chi connectivity index (χ4n) is 3.23. The van der Waals surface area contributed by atoms with Crippen LogP contribution < -0.4 is 5.32 Å². The number of carbonyl (C=O) groups excluding carboxylic acids is 1. The number of urea groups is 1. The summed E-state index contributed by atoms with van der Waals surface area (Å²) in [5, 5.41) is 13.0. The Morgan fingerprint density at radius 2 is 2.26 bits per heavy atom. The molecule has 23 heavy (non-hydrogen) atoms. The van der Waals surface area contributed by atoms with E-state index >= 15 is 0 Å². The molecule has 0 aliphatic heterocycles. The molecule has 1 aliphatic rings. The maximum Gasteiger partial charge on any atom is 0.317 e. The third-order valence-electron chi connectivity index (χ3n) is 4.76. The molecule has 0 aromatic carbocycles. The highest BCUT2D eigenvalue weighted by atomic mass is 16.3. The number of nitrogens with one attached hydrogen (secondary N) is 1. The molecule has 1 fully saturated rings. The summed E-state index contributed by atoms with van der Waals surface area (Å²) in [6, 6.07) is -0.0584. The molecule has 130 valence electrons. The summed E-state index contributed by atoms with van der Waals surface area (Å²) in [5.74, 6) is 1.54. The van der Waals surface area contributed by atoms with E-state index in [-0.39, 0.29) is 18.1 Å². The maximum absolute atomic E-state index is 12.2. The molecule has 1 aromatic heterocycles. The molecule has 1 aromatic rings. The first-order valence-corrected chi connectivity index (χ1v) is 8.62. The number of aliphatic hydroxyl groups is 1. The zero-order valence-corrected chi connectivity index (χ0v) is 14.5. The number of amides is 2. The topological polar surface area (TPSA) is 70.4 Å². The Bertz CT molecular complexity index is 503. The second-order valence-corrected chi connectivity index (χ2v) is 6.91. The monoisotopic (exact) mass is 322 g/mol. The van der Waals surface area contributed by atoms with E-state index < -0.39 is 0 Å². The van der Waals surface area contributed by atoms with Crippen LogP contribution in [-0.4, -0.2) is 51.8 Å². The Hall–Kier alpha value is -1.56. The highest BCUT2D eigenvalue weighted by Gasteiger charge is 2.25. The molecule has 3 atom stereocenters. The second-order valence-electron chi connectivity index (χ2n) is 6.91.